The van der Waals surface area contributed by atoms with Gasteiger partial charge in [0.05, 0.1) is 12.2 Å². The van der Waals surface area contributed by atoms with Gasteiger partial charge in [0.25, 0.3) is 0 Å². The number of nitrogens with zero attached hydrogens (tertiary/aromatic N) is 3. The number of aliphatic carboxylic acids is 1. The van der Waals surface area contributed by atoms with Gasteiger partial charge in [-0.3, -0.25) is 9.67 Å². The number of carboxylic acid groups (broad SMARTS) is 1. The first-order valence-electron chi connectivity index (χ1n) is 8.56. The van der Waals surface area contributed by atoms with Crippen LogP contribution in [-0.2, 0) is 22.5 Å². The van der Waals surface area contributed by atoms with Crippen LogP contribution in [0.15, 0.2) is 24.1 Å². The molecule has 130 valence electrons. The molecular weight excluding hydrogens is 318 g/mol. The number of pyridine rings is 1. The largest absolute Gasteiger partial charge is 0.482 e. The van der Waals surface area contributed by atoms with E-state index in [0.29, 0.717) is 6.54 Å². The van der Waals surface area contributed by atoms with Gasteiger partial charge in [-0.15, -0.1) is 0 Å². The molecule has 0 aromatic carbocycles. The second-order valence-corrected chi connectivity index (χ2v) is 6.90. The summed E-state index contributed by atoms with van der Waals surface area (Å²) >= 11 is 0. The van der Waals surface area contributed by atoms with Gasteiger partial charge in [0.1, 0.15) is 5.76 Å². The summed E-state index contributed by atoms with van der Waals surface area (Å²) in [5.41, 5.74) is 6.18. The number of carboxylic acids is 1. The van der Waals surface area contributed by atoms with Crippen LogP contribution in [0.25, 0.3) is 5.57 Å². The van der Waals surface area contributed by atoms with E-state index >= 15 is 0 Å². The van der Waals surface area contributed by atoms with Crippen molar-refractivity contribution in [2.45, 2.75) is 46.3 Å². The van der Waals surface area contributed by atoms with Crippen LogP contribution in [0.1, 0.15) is 41.6 Å². The maximum absolute atomic E-state index is 11.4. The summed E-state index contributed by atoms with van der Waals surface area (Å²) in [6.07, 6.45) is 2.84. The van der Waals surface area contributed by atoms with Crippen LogP contribution in [0.2, 0.25) is 0 Å². The monoisotopic (exact) mass is 339 g/mol. The van der Waals surface area contributed by atoms with Gasteiger partial charge in [-0.05, 0) is 37.5 Å². The third kappa shape index (κ3) is 2.62. The zero-order valence-electron chi connectivity index (χ0n) is 14.6. The van der Waals surface area contributed by atoms with Crippen LogP contribution in [-0.4, -0.2) is 31.9 Å². The third-order valence-corrected chi connectivity index (χ3v) is 5.10. The molecule has 0 bridgehead atoms. The number of carbonyl (C=O) groups is 1. The van der Waals surface area contributed by atoms with Gasteiger partial charge in [-0.2, -0.15) is 5.10 Å². The van der Waals surface area contributed by atoms with Crippen molar-refractivity contribution >= 4 is 11.5 Å². The van der Waals surface area contributed by atoms with Crippen molar-refractivity contribution in [1.82, 2.24) is 14.8 Å². The predicted octanol–water partition coefficient (Wildman–Crippen LogP) is 2.72. The van der Waals surface area contributed by atoms with Crippen LogP contribution in [0.5, 0.6) is 0 Å². The summed E-state index contributed by atoms with van der Waals surface area (Å²) in [6, 6.07) is 4.10. The van der Waals surface area contributed by atoms with Crippen LogP contribution < -0.4 is 0 Å². The van der Waals surface area contributed by atoms with Crippen LogP contribution in [0.4, 0.5) is 0 Å². The number of ether oxygens (including phenoxy) is 1. The smallest absolute Gasteiger partial charge is 0.345 e. The van der Waals surface area contributed by atoms with E-state index in [1.807, 2.05) is 31.5 Å². The van der Waals surface area contributed by atoms with Crippen molar-refractivity contribution in [1.29, 1.82) is 0 Å². The summed E-state index contributed by atoms with van der Waals surface area (Å²) in [7, 11) is 0. The van der Waals surface area contributed by atoms with Gasteiger partial charge >= 0.3 is 5.97 Å². The topological polar surface area (TPSA) is 77.2 Å². The third-order valence-electron chi connectivity index (χ3n) is 5.10. The van der Waals surface area contributed by atoms with Crippen molar-refractivity contribution in [3.8, 4) is 0 Å². The molecule has 0 saturated carbocycles. The zero-order chi connectivity index (χ0) is 17.7. The molecule has 2 aromatic rings. The molecular formula is C19H21N3O3. The number of hydrogen-bond acceptors (Lipinski definition) is 4. The first-order chi connectivity index (χ1) is 11.9. The Balaban J connectivity index is 1.65. The molecule has 0 amide bonds. The first-order valence-corrected chi connectivity index (χ1v) is 8.56. The molecule has 1 aliphatic heterocycles. The Labute approximate surface area is 146 Å². The Morgan fingerprint density at radius 3 is 2.88 bits per heavy atom. The Kier molecular flexibility index (Phi) is 3.63. The lowest BCUT2D eigenvalue weighted by molar-refractivity contribution is -0.148. The molecule has 2 aliphatic rings. The van der Waals surface area contributed by atoms with E-state index in [9.17, 15) is 9.90 Å². The van der Waals surface area contributed by atoms with Crippen LogP contribution in [0.3, 0.4) is 0 Å². The number of fused-ring (bicyclic) bond motifs is 2. The summed E-state index contributed by atoms with van der Waals surface area (Å²) < 4.78 is 7.61. The molecule has 2 unspecified atom stereocenters. The highest BCUT2D eigenvalue weighted by molar-refractivity contribution is 5.82. The molecule has 1 aliphatic carbocycles. The van der Waals surface area contributed by atoms with Crippen molar-refractivity contribution in [2.24, 2.45) is 5.92 Å². The second-order valence-electron chi connectivity index (χ2n) is 6.90. The standard InChI is InChI=1S/C19H21N3O3/c1-10-4-5-13(12(3)20-10)8-22-9-14-6-7-15-16(17(14)21-22)11(2)18(25-15)19(23)24/h4-5,9,11,18H,6-8H2,1-3H3,(H,23,24). The van der Waals surface area contributed by atoms with Crippen molar-refractivity contribution in [3.63, 3.8) is 0 Å². The van der Waals surface area contributed by atoms with Gasteiger partial charge < -0.3 is 9.84 Å². The Morgan fingerprint density at radius 1 is 1.36 bits per heavy atom. The van der Waals surface area contributed by atoms with Gasteiger partial charge in [-0.25, -0.2) is 4.79 Å². The summed E-state index contributed by atoms with van der Waals surface area (Å²) in [6.45, 7) is 6.56. The minimum atomic E-state index is -0.913. The van der Waals surface area contributed by atoms with Crippen molar-refractivity contribution in [2.75, 3.05) is 0 Å². The predicted molar refractivity (Wildman–Crippen MR) is 92.0 cm³/mol. The SMILES string of the molecule is Cc1ccc(Cn2cc3c(n2)C2=C(CC3)OC(C(=O)O)C2C)c(C)n1. The van der Waals surface area contributed by atoms with Gasteiger partial charge in [0.15, 0.2) is 0 Å². The van der Waals surface area contributed by atoms with Crippen LogP contribution in [0, 0.1) is 19.8 Å². The fraction of sp³-hybridized carbons (Fsp3) is 0.421. The van der Waals surface area contributed by atoms with Crippen LogP contribution >= 0.6 is 0 Å². The van der Waals surface area contributed by atoms with Crippen molar-refractivity contribution < 1.29 is 14.6 Å². The molecule has 6 nitrogen and oxygen atoms in total. The quantitative estimate of drug-likeness (QED) is 0.930. The average Bonchev–Trinajstić information content (AvgIpc) is 3.10. The molecule has 2 atom stereocenters. The molecule has 6 heteroatoms. The zero-order valence-corrected chi connectivity index (χ0v) is 14.6. The van der Waals surface area contributed by atoms with E-state index in [1.165, 1.54) is 0 Å². The fourth-order valence-electron chi connectivity index (χ4n) is 3.79. The van der Waals surface area contributed by atoms with Gasteiger partial charge in [0.2, 0.25) is 6.10 Å². The molecule has 4 rings (SSSR count). The normalized spacial score (nSPS) is 21.7. The second kappa shape index (κ2) is 5.72. The van der Waals surface area contributed by atoms with Crippen molar-refractivity contribution in [3.05, 3.63) is 52.3 Å². The summed E-state index contributed by atoms with van der Waals surface area (Å²) in [5.74, 6) is -0.298. The Hall–Kier alpha value is -2.63. The number of allylic oxidation sites excluding steroid dienone is 1. The number of hydrogen-bond donors (Lipinski definition) is 1. The molecule has 0 fully saturated rings. The molecule has 25 heavy (non-hydrogen) atoms. The molecule has 3 heterocycles. The van der Waals surface area contributed by atoms with E-state index in [-0.39, 0.29) is 5.92 Å². The molecule has 0 saturated heterocycles. The first kappa shape index (κ1) is 15.9. The molecule has 0 spiro atoms. The molecule has 0 radical (unpaired) electrons. The minimum absolute atomic E-state index is 0.183. The fourth-order valence-corrected chi connectivity index (χ4v) is 3.79. The number of aromatic nitrogens is 3. The van der Waals surface area contributed by atoms with E-state index in [0.717, 1.165) is 52.4 Å². The van der Waals surface area contributed by atoms with Gasteiger partial charge in [0, 0.05) is 35.5 Å². The summed E-state index contributed by atoms with van der Waals surface area (Å²) in [4.78, 5) is 15.9. The van der Waals surface area contributed by atoms with E-state index in [1.54, 1.807) is 0 Å². The highest BCUT2D eigenvalue weighted by Gasteiger charge is 2.42. The van der Waals surface area contributed by atoms with E-state index < -0.39 is 12.1 Å². The number of aryl methyl sites for hydroxylation is 3. The lowest BCUT2D eigenvalue weighted by Gasteiger charge is -2.13. The molecule has 1 N–H and O–H groups in total. The maximum Gasteiger partial charge on any atom is 0.345 e. The number of rotatable bonds is 3. The van der Waals surface area contributed by atoms with E-state index in [4.69, 9.17) is 9.84 Å². The lowest BCUT2D eigenvalue weighted by Crippen LogP contribution is -2.26. The van der Waals surface area contributed by atoms with Gasteiger partial charge in [-0.1, -0.05) is 13.0 Å². The lowest BCUT2D eigenvalue weighted by atomic mass is 9.87. The summed E-state index contributed by atoms with van der Waals surface area (Å²) in [5, 5.41) is 14.1. The minimum Gasteiger partial charge on any atom is -0.482 e. The van der Waals surface area contributed by atoms with E-state index in [2.05, 4.69) is 17.2 Å². The average molecular weight is 339 g/mol. The Bertz CT molecular complexity index is 897. The Morgan fingerprint density at radius 2 is 2.16 bits per heavy atom. The highest BCUT2D eigenvalue weighted by atomic mass is 16.5. The highest BCUT2D eigenvalue weighted by Crippen LogP contribution is 2.43. The molecule has 2 aromatic heterocycles. The maximum atomic E-state index is 11.4.